The Labute approximate surface area is 129 Å². The number of likely N-dealkylation sites (tertiary alicyclic amines) is 1. The highest BCUT2D eigenvalue weighted by Crippen LogP contribution is 2.32. The van der Waals surface area contributed by atoms with Gasteiger partial charge in [-0.2, -0.15) is 0 Å². The molecule has 2 aromatic rings. The van der Waals surface area contributed by atoms with Crippen LogP contribution in [0.5, 0.6) is 0 Å². The highest BCUT2D eigenvalue weighted by Gasteiger charge is 2.30. The third kappa shape index (κ3) is 2.72. The number of nitrogens with two attached hydrogens (primary N) is 1. The minimum Gasteiger partial charge on any atom is -0.366 e. The Kier molecular flexibility index (Phi) is 3.92. The van der Waals surface area contributed by atoms with Gasteiger partial charge in [0.2, 0.25) is 5.91 Å². The summed E-state index contributed by atoms with van der Waals surface area (Å²) >= 11 is 0. The van der Waals surface area contributed by atoms with Crippen LogP contribution in [0.2, 0.25) is 0 Å². The second kappa shape index (κ2) is 6.02. The average Bonchev–Trinajstić information content (AvgIpc) is 3.04. The lowest BCUT2D eigenvalue weighted by molar-refractivity contribution is 0.0735. The minimum absolute atomic E-state index is 0.0468. The van der Waals surface area contributed by atoms with Crippen LogP contribution in [0.3, 0.4) is 0 Å². The van der Waals surface area contributed by atoms with Crippen LogP contribution < -0.4 is 5.73 Å². The van der Waals surface area contributed by atoms with Crippen molar-refractivity contribution >= 4 is 11.8 Å². The summed E-state index contributed by atoms with van der Waals surface area (Å²) in [6.07, 6.45) is 1.95. The highest BCUT2D eigenvalue weighted by molar-refractivity contribution is 5.99. The summed E-state index contributed by atoms with van der Waals surface area (Å²) in [5, 5.41) is 0. The smallest absolute Gasteiger partial charge is 0.254 e. The molecule has 2 amide bonds. The molecule has 1 fully saturated rings. The van der Waals surface area contributed by atoms with E-state index in [2.05, 4.69) is 12.1 Å². The zero-order chi connectivity index (χ0) is 15.5. The Morgan fingerprint density at radius 3 is 2.45 bits per heavy atom. The number of benzene rings is 2. The molecule has 0 spiro atoms. The van der Waals surface area contributed by atoms with Crippen molar-refractivity contribution in [2.75, 3.05) is 6.54 Å². The van der Waals surface area contributed by atoms with Gasteiger partial charge in [-0.1, -0.05) is 36.4 Å². The molecule has 1 heterocycles. The predicted molar refractivity (Wildman–Crippen MR) is 84.4 cm³/mol. The van der Waals surface area contributed by atoms with E-state index in [1.54, 1.807) is 24.3 Å². The summed E-state index contributed by atoms with van der Waals surface area (Å²) in [6, 6.07) is 16.8. The molecule has 0 saturated carbocycles. The van der Waals surface area contributed by atoms with E-state index in [0.717, 1.165) is 24.9 Å². The molecule has 4 nitrogen and oxygen atoms in total. The molecule has 0 aliphatic carbocycles. The molecule has 1 saturated heterocycles. The first-order valence-corrected chi connectivity index (χ1v) is 7.42. The van der Waals surface area contributed by atoms with Crippen molar-refractivity contribution < 1.29 is 9.59 Å². The van der Waals surface area contributed by atoms with Gasteiger partial charge in [0.25, 0.3) is 5.91 Å². The van der Waals surface area contributed by atoms with Crippen molar-refractivity contribution in [2.24, 2.45) is 5.73 Å². The minimum atomic E-state index is -0.518. The summed E-state index contributed by atoms with van der Waals surface area (Å²) in [5.41, 5.74) is 7.32. The van der Waals surface area contributed by atoms with Crippen molar-refractivity contribution in [1.82, 2.24) is 4.90 Å². The highest BCUT2D eigenvalue weighted by atomic mass is 16.2. The van der Waals surface area contributed by atoms with Gasteiger partial charge in [0.05, 0.1) is 6.04 Å². The number of amides is 2. The first-order chi connectivity index (χ1) is 10.7. The first kappa shape index (κ1) is 14.3. The maximum absolute atomic E-state index is 12.8. The zero-order valence-corrected chi connectivity index (χ0v) is 12.2. The maximum Gasteiger partial charge on any atom is 0.254 e. The van der Waals surface area contributed by atoms with Gasteiger partial charge in [-0.3, -0.25) is 9.59 Å². The summed E-state index contributed by atoms with van der Waals surface area (Å²) in [5.74, 6) is -0.565. The van der Waals surface area contributed by atoms with E-state index in [-0.39, 0.29) is 11.9 Å². The molecule has 1 aliphatic rings. The van der Waals surface area contributed by atoms with Crippen molar-refractivity contribution in [3.8, 4) is 0 Å². The fourth-order valence-electron chi connectivity index (χ4n) is 3.00. The summed E-state index contributed by atoms with van der Waals surface area (Å²) < 4.78 is 0. The second-order valence-corrected chi connectivity index (χ2v) is 5.51. The molecular formula is C18H18N2O2. The zero-order valence-electron chi connectivity index (χ0n) is 12.2. The number of hydrogen-bond donors (Lipinski definition) is 1. The van der Waals surface area contributed by atoms with Gasteiger partial charge in [-0.25, -0.2) is 0 Å². The molecule has 22 heavy (non-hydrogen) atoms. The van der Waals surface area contributed by atoms with Gasteiger partial charge in [0.15, 0.2) is 0 Å². The van der Waals surface area contributed by atoms with E-state index < -0.39 is 5.91 Å². The molecule has 1 atom stereocenters. The van der Waals surface area contributed by atoms with Crippen LogP contribution in [0.25, 0.3) is 0 Å². The molecule has 0 radical (unpaired) electrons. The number of hydrogen-bond acceptors (Lipinski definition) is 2. The Bertz CT molecular complexity index is 697. The lowest BCUT2D eigenvalue weighted by atomic mass is 10.0. The van der Waals surface area contributed by atoms with Crippen LogP contribution in [0.15, 0.2) is 54.6 Å². The molecule has 1 aliphatic heterocycles. The average molecular weight is 294 g/mol. The Hall–Kier alpha value is -2.62. The monoisotopic (exact) mass is 294 g/mol. The van der Waals surface area contributed by atoms with Gasteiger partial charge >= 0.3 is 0 Å². The number of carbonyl (C=O) groups is 2. The van der Waals surface area contributed by atoms with Crippen LogP contribution in [0, 0.1) is 0 Å². The molecule has 112 valence electrons. The molecule has 1 unspecified atom stereocenters. The number of primary amides is 1. The van der Waals surface area contributed by atoms with Crippen LogP contribution in [-0.2, 0) is 0 Å². The van der Waals surface area contributed by atoms with Gasteiger partial charge in [0, 0.05) is 17.7 Å². The SMILES string of the molecule is NC(=O)c1cccc(C(=O)N2CCCC2c2ccccc2)c1. The van der Waals surface area contributed by atoms with E-state index in [4.69, 9.17) is 5.73 Å². The fraction of sp³-hybridized carbons (Fsp3) is 0.222. The van der Waals surface area contributed by atoms with Crippen molar-refractivity contribution in [3.63, 3.8) is 0 Å². The van der Waals surface area contributed by atoms with Crippen LogP contribution >= 0.6 is 0 Å². The van der Waals surface area contributed by atoms with Crippen molar-refractivity contribution in [1.29, 1.82) is 0 Å². The van der Waals surface area contributed by atoms with Gasteiger partial charge in [-0.05, 0) is 36.6 Å². The van der Waals surface area contributed by atoms with E-state index in [1.165, 1.54) is 0 Å². The van der Waals surface area contributed by atoms with Gasteiger partial charge in [0.1, 0.15) is 0 Å². The molecule has 3 rings (SSSR count). The van der Waals surface area contributed by atoms with Crippen LogP contribution in [0.1, 0.15) is 45.2 Å². The fourth-order valence-corrected chi connectivity index (χ4v) is 3.00. The molecule has 4 heteroatoms. The number of nitrogens with zero attached hydrogens (tertiary/aromatic N) is 1. The molecule has 2 N–H and O–H groups in total. The predicted octanol–water partition coefficient (Wildman–Crippen LogP) is 2.76. The third-order valence-electron chi connectivity index (χ3n) is 4.09. The first-order valence-electron chi connectivity index (χ1n) is 7.42. The molecule has 0 aromatic heterocycles. The standard InChI is InChI=1S/C18H18N2O2/c19-17(21)14-8-4-9-15(12-14)18(22)20-11-5-10-16(20)13-6-2-1-3-7-13/h1-4,6-9,12,16H,5,10-11H2,(H2,19,21). The Morgan fingerprint density at radius 2 is 1.73 bits per heavy atom. The summed E-state index contributed by atoms with van der Waals surface area (Å²) in [6.45, 7) is 0.735. The quantitative estimate of drug-likeness (QED) is 0.946. The Balaban J connectivity index is 1.88. The largest absolute Gasteiger partial charge is 0.366 e. The van der Waals surface area contributed by atoms with E-state index in [1.807, 2.05) is 23.1 Å². The lowest BCUT2D eigenvalue weighted by Gasteiger charge is -2.25. The molecular weight excluding hydrogens is 276 g/mol. The maximum atomic E-state index is 12.8. The summed E-state index contributed by atoms with van der Waals surface area (Å²) in [7, 11) is 0. The van der Waals surface area contributed by atoms with Gasteiger partial charge < -0.3 is 10.6 Å². The number of rotatable bonds is 3. The second-order valence-electron chi connectivity index (χ2n) is 5.51. The lowest BCUT2D eigenvalue weighted by Crippen LogP contribution is -2.30. The van der Waals surface area contributed by atoms with Crippen molar-refractivity contribution in [3.05, 3.63) is 71.3 Å². The van der Waals surface area contributed by atoms with Crippen molar-refractivity contribution in [2.45, 2.75) is 18.9 Å². The van der Waals surface area contributed by atoms with E-state index in [9.17, 15) is 9.59 Å². The Morgan fingerprint density at radius 1 is 1.00 bits per heavy atom. The van der Waals surface area contributed by atoms with E-state index >= 15 is 0 Å². The topological polar surface area (TPSA) is 63.4 Å². The summed E-state index contributed by atoms with van der Waals surface area (Å²) in [4.78, 5) is 25.9. The third-order valence-corrected chi connectivity index (χ3v) is 4.09. The van der Waals surface area contributed by atoms with Gasteiger partial charge in [-0.15, -0.1) is 0 Å². The normalized spacial score (nSPS) is 17.5. The van der Waals surface area contributed by atoms with E-state index in [0.29, 0.717) is 11.1 Å². The van der Waals surface area contributed by atoms with Crippen LogP contribution in [-0.4, -0.2) is 23.3 Å². The molecule has 2 aromatic carbocycles. The van der Waals surface area contributed by atoms with Crippen LogP contribution in [0.4, 0.5) is 0 Å². The number of carbonyl (C=O) groups excluding carboxylic acids is 2. The molecule has 0 bridgehead atoms.